The topological polar surface area (TPSA) is 47.0 Å². The Bertz CT molecular complexity index is 575. The van der Waals surface area contributed by atoms with Gasteiger partial charge in [-0.25, -0.2) is 0 Å². The molecular weight excluding hydrogens is 314 g/mol. The van der Waals surface area contributed by atoms with Crippen molar-refractivity contribution in [2.24, 2.45) is 0 Å². The Morgan fingerprint density at radius 1 is 1.26 bits per heavy atom. The van der Waals surface area contributed by atoms with Crippen LogP contribution < -0.4 is 0 Å². The van der Waals surface area contributed by atoms with Gasteiger partial charge < -0.3 is 14.9 Å². The van der Waals surface area contributed by atoms with Crippen molar-refractivity contribution in [3.63, 3.8) is 0 Å². The van der Waals surface area contributed by atoms with Gasteiger partial charge in [0, 0.05) is 49.9 Å². The molecule has 1 aromatic carbocycles. The van der Waals surface area contributed by atoms with Gasteiger partial charge in [0.2, 0.25) is 0 Å². The highest BCUT2D eigenvalue weighted by atomic mass is 35.5. The summed E-state index contributed by atoms with van der Waals surface area (Å²) in [6, 6.07) is 6.99. The molecule has 2 aliphatic heterocycles. The van der Waals surface area contributed by atoms with Crippen LogP contribution in [0.2, 0.25) is 5.02 Å². The summed E-state index contributed by atoms with van der Waals surface area (Å²) >= 11 is 5.96. The van der Waals surface area contributed by atoms with Crippen LogP contribution in [0.5, 0.6) is 0 Å². The average Bonchev–Trinajstić information content (AvgIpc) is 2.91. The normalized spacial score (nSPS) is 26.7. The summed E-state index contributed by atoms with van der Waals surface area (Å²) in [4.78, 5) is 18.9. The van der Waals surface area contributed by atoms with Crippen LogP contribution in [0.1, 0.15) is 16.8 Å². The van der Waals surface area contributed by atoms with Crippen LogP contribution in [0.15, 0.2) is 24.3 Å². The van der Waals surface area contributed by atoms with E-state index in [1.807, 2.05) is 0 Å². The van der Waals surface area contributed by atoms with Crippen molar-refractivity contribution in [3.8, 4) is 0 Å². The maximum absolute atomic E-state index is 12.6. The molecule has 0 aliphatic carbocycles. The lowest BCUT2D eigenvalue weighted by Crippen LogP contribution is -2.52. The summed E-state index contributed by atoms with van der Waals surface area (Å²) in [7, 11) is 2.12. The minimum absolute atomic E-state index is 0.0539. The van der Waals surface area contributed by atoms with E-state index in [1.165, 1.54) is 0 Å². The SMILES string of the molecule is CN1CCN(C[C@]2(O)CCN(C(=O)c3cccc(Cl)c3)C2)CC1. The molecule has 0 bridgehead atoms. The molecule has 6 heteroatoms. The lowest BCUT2D eigenvalue weighted by molar-refractivity contribution is 0.000526. The minimum atomic E-state index is -0.801. The fraction of sp³-hybridized carbons (Fsp3) is 0.588. The number of benzene rings is 1. The fourth-order valence-electron chi connectivity index (χ4n) is 3.39. The molecule has 0 aromatic heterocycles. The van der Waals surface area contributed by atoms with Crippen molar-refractivity contribution in [2.75, 3.05) is 52.9 Å². The first kappa shape index (κ1) is 16.7. The van der Waals surface area contributed by atoms with E-state index in [9.17, 15) is 9.90 Å². The van der Waals surface area contributed by atoms with E-state index in [0.717, 1.165) is 26.2 Å². The van der Waals surface area contributed by atoms with Gasteiger partial charge in [0.05, 0.1) is 12.1 Å². The smallest absolute Gasteiger partial charge is 0.254 e. The molecule has 1 amide bonds. The number of amides is 1. The number of halogens is 1. The molecule has 2 aliphatic rings. The zero-order valence-electron chi connectivity index (χ0n) is 13.5. The summed E-state index contributed by atoms with van der Waals surface area (Å²) in [5.41, 5.74) is -0.217. The monoisotopic (exact) mass is 337 g/mol. The number of likely N-dealkylation sites (tertiary alicyclic amines) is 1. The van der Waals surface area contributed by atoms with Gasteiger partial charge in [0.1, 0.15) is 0 Å². The zero-order chi connectivity index (χ0) is 16.4. The maximum Gasteiger partial charge on any atom is 0.254 e. The Labute approximate surface area is 142 Å². The van der Waals surface area contributed by atoms with E-state index in [2.05, 4.69) is 16.8 Å². The number of nitrogens with zero attached hydrogens (tertiary/aromatic N) is 3. The summed E-state index contributed by atoms with van der Waals surface area (Å²) in [5, 5.41) is 11.4. The van der Waals surface area contributed by atoms with Gasteiger partial charge in [-0.05, 0) is 31.7 Å². The highest BCUT2D eigenvalue weighted by molar-refractivity contribution is 6.30. The number of hydrogen-bond donors (Lipinski definition) is 1. The van der Waals surface area contributed by atoms with E-state index in [0.29, 0.717) is 36.6 Å². The first-order valence-corrected chi connectivity index (χ1v) is 8.51. The van der Waals surface area contributed by atoms with Crippen LogP contribution in [0.25, 0.3) is 0 Å². The zero-order valence-corrected chi connectivity index (χ0v) is 14.3. The van der Waals surface area contributed by atoms with Gasteiger partial charge in [-0.3, -0.25) is 9.69 Å². The van der Waals surface area contributed by atoms with Gasteiger partial charge >= 0.3 is 0 Å². The predicted octanol–water partition coefficient (Wildman–Crippen LogP) is 1.16. The van der Waals surface area contributed by atoms with E-state index in [-0.39, 0.29) is 5.91 Å². The van der Waals surface area contributed by atoms with E-state index < -0.39 is 5.60 Å². The van der Waals surface area contributed by atoms with Crippen molar-refractivity contribution in [3.05, 3.63) is 34.9 Å². The van der Waals surface area contributed by atoms with Crippen molar-refractivity contribution in [2.45, 2.75) is 12.0 Å². The highest BCUT2D eigenvalue weighted by Crippen LogP contribution is 2.25. The summed E-state index contributed by atoms with van der Waals surface area (Å²) < 4.78 is 0. The van der Waals surface area contributed by atoms with Crippen LogP contribution in [0.3, 0.4) is 0 Å². The summed E-state index contributed by atoms with van der Waals surface area (Å²) in [5.74, 6) is -0.0539. The first-order chi connectivity index (χ1) is 11.0. The highest BCUT2D eigenvalue weighted by Gasteiger charge is 2.40. The largest absolute Gasteiger partial charge is 0.387 e. The number of β-amino-alcohol motifs (C(OH)–C–C–N with tert-alkyl or cyclic N) is 1. The number of carbonyl (C=O) groups excluding carboxylic acids is 1. The second-order valence-electron chi connectivity index (χ2n) is 6.79. The summed E-state index contributed by atoms with van der Waals surface area (Å²) in [6.07, 6.45) is 0.631. The van der Waals surface area contributed by atoms with E-state index in [1.54, 1.807) is 29.2 Å². The molecule has 23 heavy (non-hydrogen) atoms. The van der Waals surface area contributed by atoms with Crippen molar-refractivity contribution in [1.82, 2.24) is 14.7 Å². The molecule has 1 atom stereocenters. The van der Waals surface area contributed by atoms with E-state index >= 15 is 0 Å². The molecule has 5 nitrogen and oxygen atoms in total. The lowest BCUT2D eigenvalue weighted by atomic mass is 10.0. The van der Waals surface area contributed by atoms with Gasteiger partial charge in [-0.1, -0.05) is 17.7 Å². The Hall–Kier alpha value is -1.14. The summed E-state index contributed by atoms with van der Waals surface area (Å²) in [6.45, 7) is 5.63. The van der Waals surface area contributed by atoms with Gasteiger partial charge in [-0.15, -0.1) is 0 Å². The number of piperazine rings is 1. The third-order valence-corrected chi connectivity index (χ3v) is 5.04. The minimum Gasteiger partial charge on any atom is -0.387 e. The molecule has 0 saturated carbocycles. The third kappa shape index (κ3) is 4.04. The second-order valence-corrected chi connectivity index (χ2v) is 7.23. The van der Waals surface area contributed by atoms with Crippen LogP contribution in [0.4, 0.5) is 0 Å². The number of rotatable bonds is 3. The number of carbonyl (C=O) groups is 1. The molecule has 2 heterocycles. The first-order valence-electron chi connectivity index (χ1n) is 8.13. The average molecular weight is 338 g/mol. The predicted molar refractivity (Wildman–Crippen MR) is 90.9 cm³/mol. The molecule has 0 radical (unpaired) electrons. The molecule has 2 saturated heterocycles. The molecule has 126 valence electrons. The fourth-order valence-corrected chi connectivity index (χ4v) is 3.58. The van der Waals surface area contributed by atoms with Crippen molar-refractivity contribution < 1.29 is 9.90 Å². The Morgan fingerprint density at radius 2 is 2.00 bits per heavy atom. The number of hydrogen-bond acceptors (Lipinski definition) is 4. The Kier molecular flexibility index (Phi) is 4.92. The molecule has 1 aromatic rings. The van der Waals surface area contributed by atoms with Gasteiger partial charge in [0.25, 0.3) is 5.91 Å². The van der Waals surface area contributed by atoms with Crippen molar-refractivity contribution in [1.29, 1.82) is 0 Å². The van der Waals surface area contributed by atoms with Crippen LogP contribution in [-0.2, 0) is 0 Å². The standard InChI is InChI=1S/C17H24ClN3O2/c1-19-7-9-20(10-8-19)12-17(23)5-6-21(13-17)16(22)14-3-2-4-15(18)11-14/h2-4,11,23H,5-10,12-13H2,1H3/t17-/m1/s1. The Balaban J connectivity index is 1.59. The Morgan fingerprint density at radius 3 is 2.70 bits per heavy atom. The third-order valence-electron chi connectivity index (χ3n) is 4.80. The van der Waals surface area contributed by atoms with Gasteiger partial charge in [0.15, 0.2) is 0 Å². The van der Waals surface area contributed by atoms with Crippen LogP contribution >= 0.6 is 11.6 Å². The number of likely N-dealkylation sites (N-methyl/N-ethyl adjacent to an activating group) is 1. The molecule has 1 N–H and O–H groups in total. The van der Waals surface area contributed by atoms with Crippen LogP contribution in [0, 0.1) is 0 Å². The molecule has 3 rings (SSSR count). The molecule has 0 spiro atoms. The van der Waals surface area contributed by atoms with Crippen LogP contribution in [-0.4, -0.2) is 84.2 Å². The second kappa shape index (κ2) is 6.77. The van der Waals surface area contributed by atoms with E-state index in [4.69, 9.17) is 11.6 Å². The number of aliphatic hydroxyl groups is 1. The quantitative estimate of drug-likeness (QED) is 0.899. The van der Waals surface area contributed by atoms with Crippen molar-refractivity contribution >= 4 is 17.5 Å². The molecular formula is C17H24ClN3O2. The lowest BCUT2D eigenvalue weighted by Gasteiger charge is -2.36. The maximum atomic E-state index is 12.6. The molecule has 0 unspecified atom stereocenters. The van der Waals surface area contributed by atoms with Gasteiger partial charge in [-0.2, -0.15) is 0 Å². The molecule has 2 fully saturated rings.